The molecule has 0 fully saturated rings. The summed E-state index contributed by atoms with van der Waals surface area (Å²) < 4.78 is 16.2. The molecule has 0 spiro atoms. The van der Waals surface area contributed by atoms with Gasteiger partial charge in [0.1, 0.15) is 13.2 Å². The van der Waals surface area contributed by atoms with Crippen LogP contribution in [0.5, 0.6) is 11.5 Å². The number of amides is 1. The highest BCUT2D eigenvalue weighted by Gasteiger charge is 2.22. The van der Waals surface area contributed by atoms with Crippen LogP contribution in [0.25, 0.3) is 0 Å². The SMILES string of the molecule is Cc1cc(Cl)ccc1NC(=O)COC(=O)c1ccccc1C(=O)c1ccc2c(c1)OCCO2. The van der Waals surface area contributed by atoms with Crippen molar-refractivity contribution in [2.75, 3.05) is 25.1 Å². The Kier molecular flexibility index (Phi) is 6.60. The Morgan fingerprint density at radius 3 is 2.42 bits per heavy atom. The number of carbonyl (C=O) groups is 3. The third-order valence-electron chi connectivity index (χ3n) is 4.99. The first-order valence-corrected chi connectivity index (χ1v) is 10.6. The minimum absolute atomic E-state index is 0.0628. The van der Waals surface area contributed by atoms with Gasteiger partial charge in [-0.05, 0) is 55.0 Å². The van der Waals surface area contributed by atoms with Gasteiger partial charge in [0.15, 0.2) is 23.9 Å². The molecule has 4 rings (SSSR count). The Bertz CT molecular complexity index is 1240. The third kappa shape index (κ3) is 5.15. The smallest absolute Gasteiger partial charge is 0.339 e. The van der Waals surface area contributed by atoms with Crippen LogP contribution in [-0.4, -0.2) is 37.5 Å². The molecule has 1 aliphatic rings. The Hall–Kier alpha value is -3.84. The molecule has 1 heterocycles. The zero-order valence-corrected chi connectivity index (χ0v) is 18.5. The molecule has 0 atom stereocenters. The molecule has 0 radical (unpaired) electrons. The predicted molar refractivity (Wildman–Crippen MR) is 122 cm³/mol. The molecule has 0 unspecified atom stereocenters. The maximum absolute atomic E-state index is 13.1. The van der Waals surface area contributed by atoms with E-state index in [0.717, 1.165) is 5.56 Å². The molecule has 0 saturated heterocycles. The van der Waals surface area contributed by atoms with Gasteiger partial charge < -0.3 is 19.5 Å². The van der Waals surface area contributed by atoms with Crippen molar-refractivity contribution in [3.8, 4) is 11.5 Å². The number of benzene rings is 3. The van der Waals surface area contributed by atoms with E-state index < -0.39 is 18.5 Å². The number of rotatable bonds is 6. The second-order valence-electron chi connectivity index (χ2n) is 7.32. The van der Waals surface area contributed by atoms with E-state index in [2.05, 4.69) is 5.32 Å². The first kappa shape index (κ1) is 22.4. The number of hydrogen-bond acceptors (Lipinski definition) is 6. The number of ether oxygens (including phenoxy) is 3. The van der Waals surface area contributed by atoms with Crippen molar-refractivity contribution >= 4 is 34.9 Å². The van der Waals surface area contributed by atoms with E-state index in [-0.39, 0.29) is 16.9 Å². The Morgan fingerprint density at radius 2 is 1.67 bits per heavy atom. The Labute approximate surface area is 195 Å². The minimum atomic E-state index is -0.778. The molecule has 3 aromatic rings. The lowest BCUT2D eigenvalue weighted by Gasteiger charge is -2.18. The van der Waals surface area contributed by atoms with Crippen LogP contribution < -0.4 is 14.8 Å². The van der Waals surface area contributed by atoms with Crippen LogP contribution in [-0.2, 0) is 9.53 Å². The van der Waals surface area contributed by atoms with Gasteiger partial charge in [-0.25, -0.2) is 4.79 Å². The predicted octanol–water partition coefficient (Wildman–Crippen LogP) is 4.45. The average Bonchev–Trinajstić information content (AvgIpc) is 2.83. The molecule has 0 aromatic heterocycles. The summed E-state index contributed by atoms with van der Waals surface area (Å²) in [6, 6.07) is 16.2. The van der Waals surface area contributed by atoms with Crippen LogP contribution >= 0.6 is 11.6 Å². The molecular weight excluding hydrogens is 446 g/mol. The van der Waals surface area contributed by atoms with E-state index in [9.17, 15) is 14.4 Å². The number of hydrogen-bond donors (Lipinski definition) is 1. The standard InChI is InChI=1S/C25H20ClNO6/c1-15-12-17(26)7-8-20(15)27-23(28)14-33-25(30)19-5-3-2-4-18(19)24(29)16-6-9-21-22(13-16)32-11-10-31-21/h2-9,12-13H,10-11,14H2,1H3,(H,27,28). The maximum atomic E-state index is 13.1. The molecule has 1 amide bonds. The fraction of sp³-hybridized carbons (Fsp3) is 0.160. The van der Waals surface area contributed by atoms with Crippen LogP contribution in [0.3, 0.4) is 0 Å². The number of fused-ring (bicyclic) bond motifs is 1. The molecule has 0 saturated carbocycles. The molecule has 33 heavy (non-hydrogen) atoms. The number of carbonyl (C=O) groups excluding carboxylic acids is 3. The van der Waals surface area contributed by atoms with E-state index in [1.807, 2.05) is 0 Å². The molecule has 7 nitrogen and oxygen atoms in total. The van der Waals surface area contributed by atoms with Gasteiger partial charge in [-0.15, -0.1) is 0 Å². The number of ketones is 1. The van der Waals surface area contributed by atoms with E-state index in [1.54, 1.807) is 55.5 Å². The van der Waals surface area contributed by atoms with Crippen LogP contribution in [0.15, 0.2) is 60.7 Å². The number of anilines is 1. The Morgan fingerprint density at radius 1 is 0.939 bits per heavy atom. The van der Waals surface area contributed by atoms with Crippen LogP contribution in [0, 0.1) is 6.92 Å². The van der Waals surface area contributed by atoms with Gasteiger partial charge in [0, 0.05) is 21.8 Å². The van der Waals surface area contributed by atoms with E-state index in [4.69, 9.17) is 25.8 Å². The van der Waals surface area contributed by atoms with Crippen LogP contribution in [0.2, 0.25) is 5.02 Å². The zero-order valence-electron chi connectivity index (χ0n) is 17.7. The number of nitrogens with one attached hydrogen (secondary N) is 1. The molecule has 1 N–H and O–H groups in total. The fourth-order valence-corrected chi connectivity index (χ4v) is 3.59. The molecule has 8 heteroatoms. The number of halogens is 1. The van der Waals surface area contributed by atoms with Crippen LogP contribution in [0.1, 0.15) is 31.8 Å². The summed E-state index contributed by atoms with van der Waals surface area (Å²) in [5.41, 5.74) is 1.91. The highest BCUT2D eigenvalue weighted by molar-refractivity contribution is 6.30. The van der Waals surface area contributed by atoms with Crippen molar-refractivity contribution in [3.05, 3.63) is 87.9 Å². The molecule has 3 aromatic carbocycles. The normalized spacial score (nSPS) is 12.1. The van der Waals surface area contributed by atoms with E-state index >= 15 is 0 Å². The van der Waals surface area contributed by atoms with Gasteiger partial charge in [-0.3, -0.25) is 9.59 Å². The summed E-state index contributed by atoms with van der Waals surface area (Å²) in [5, 5.41) is 3.22. The largest absolute Gasteiger partial charge is 0.486 e. The highest BCUT2D eigenvalue weighted by Crippen LogP contribution is 2.31. The summed E-state index contributed by atoms with van der Waals surface area (Å²) in [7, 11) is 0. The summed E-state index contributed by atoms with van der Waals surface area (Å²) >= 11 is 5.92. The van der Waals surface area contributed by atoms with Gasteiger partial charge in [0.2, 0.25) is 0 Å². The molecule has 1 aliphatic heterocycles. The van der Waals surface area contributed by atoms with Crippen molar-refractivity contribution in [2.24, 2.45) is 0 Å². The Balaban J connectivity index is 1.46. The first-order valence-electron chi connectivity index (χ1n) is 10.2. The zero-order chi connectivity index (χ0) is 23.4. The lowest BCUT2D eigenvalue weighted by molar-refractivity contribution is -0.119. The fourth-order valence-electron chi connectivity index (χ4n) is 3.36. The molecule has 0 aliphatic carbocycles. The lowest BCUT2D eigenvalue weighted by atomic mass is 9.98. The average molecular weight is 466 g/mol. The summed E-state index contributed by atoms with van der Waals surface area (Å²) in [6.07, 6.45) is 0. The van der Waals surface area contributed by atoms with Gasteiger partial charge >= 0.3 is 5.97 Å². The third-order valence-corrected chi connectivity index (χ3v) is 5.23. The topological polar surface area (TPSA) is 90.9 Å². The summed E-state index contributed by atoms with van der Waals surface area (Å²) in [4.78, 5) is 38.0. The van der Waals surface area contributed by atoms with Crippen molar-refractivity contribution in [1.82, 2.24) is 0 Å². The number of aryl methyl sites for hydroxylation is 1. The summed E-state index contributed by atoms with van der Waals surface area (Å²) in [6.45, 7) is 2.13. The maximum Gasteiger partial charge on any atom is 0.339 e. The summed E-state index contributed by atoms with van der Waals surface area (Å²) in [5.74, 6) is -0.626. The van der Waals surface area contributed by atoms with E-state index in [0.29, 0.717) is 41.0 Å². The number of esters is 1. The van der Waals surface area contributed by atoms with Crippen molar-refractivity contribution in [2.45, 2.75) is 6.92 Å². The highest BCUT2D eigenvalue weighted by atomic mass is 35.5. The van der Waals surface area contributed by atoms with Crippen molar-refractivity contribution in [3.63, 3.8) is 0 Å². The second-order valence-corrected chi connectivity index (χ2v) is 7.75. The van der Waals surface area contributed by atoms with Crippen molar-refractivity contribution < 1.29 is 28.6 Å². The van der Waals surface area contributed by atoms with Gasteiger partial charge in [-0.2, -0.15) is 0 Å². The monoisotopic (exact) mass is 465 g/mol. The van der Waals surface area contributed by atoms with E-state index in [1.165, 1.54) is 12.1 Å². The van der Waals surface area contributed by atoms with Gasteiger partial charge in [0.05, 0.1) is 5.56 Å². The second kappa shape index (κ2) is 9.75. The lowest BCUT2D eigenvalue weighted by Crippen LogP contribution is -2.22. The molecular formula is C25H20ClNO6. The molecule has 168 valence electrons. The van der Waals surface area contributed by atoms with Crippen molar-refractivity contribution in [1.29, 1.82) is 0 Å². The minimum Gasteiger partial charge on any atom is -0.486 e. The van der Waals surface area contributed by atoms with Gasteiger partial charge in [-0.1, -0.05) is 29.8 Å². The van der Waals surface area contributed by atoms with Gasteiger partial charge in [0.25, 0.3) is 5.91 Å². The molecule has 0 bridgehead atoms. The van der Waals surface area contributed by atoms with Crippen LogP contribution in [0.4, 0.5) is 5.69 Å². The quantitative estimate of drug-likeness (QED) is 0.427. The first-order chi connectivity index (χ1) is 15.9.